The first-order chi connectivity index (χ1) is 8.35. The van der Waals surface area contributed by atoms with Crippen LogP contribution in [0.25, 0.3) is 0 Å². The van der Waals surface area contributed by atoms with Gasteiger partial charge in [-0.05, 0) is 6.42 Å². The van der Waals surface area contributed by atoms with Crippen molar-refractivity contribution < 1.29 is 0 Å². The fourth-order valence-electron chi connectivity index (χ4n) is 1.87. The number of nitrogens with zero attached hydrogens (tertiary/aromatic N) is 2. The maximum atomic E-state index is 5.72. The van der Waals surface area contributed by atoms with Crippen LogP contribution in [0, 0.1) is 0 Å². The number of aryl methyl sites for hydroxylation is 1. The lowest BCUT2D eigenvalue weighted by Crippen LogP contribution is -2.13. The summed E-state index contributed by atoms with van der Waals surface area (Å²) in [5.41, 5.74) is 7.97. The first kappa shape index (κ1) is 13.2. The van der Waals surface area contributed by atoms with Crippen molar-refractivity contribution in [1.29, 1.82) is 0 Å². The van der Waals surface area contributed by atoms with E-state index in [1.54, 1.807) is 0 Å². The second kappa shape index (κ2) is 6.61. The van der Waals surface area contributed by atoms with Crippen molar-refractivity contribution in [1.82, 2.24) is 9.97 Å². The summed E-state index contributed by atoms with van der Waals surface area (Å²) in [4.78, 5) is 9.22. The van der Waals surface area contributed by atoms with Crippen LogP contribution in [-0.4, -0.2) is 27.2 Å². The van der Waals surface area contributed by atoms with Gasteiger partial charge in [0.2, 0.25) is 0 Å². The molecule has 1 atom stereocenters. The highest BCUT2D eigenvalue weighted by molar-refractivity contribution is 8.06. The third kappa shape index (κ3) is 3.36. The largest absolute Gasteiger partial charge is 0.326 e. The molecule has 0 amide bonds. The third-order valence-electron chi connectivity index (χ3n) is 2.78. The highest BCUT2D eigenvalue weighted by Gasteiger charge is 2.20. The zero-order valence-corrected chi connectivity index (χ0v) is 11.8. The van der Waals surface area contributed by atoms with E-state index in [1.807, 2.05) is 29.7 Å². The van der Waals surface area contributed by atoms with Crippen molar-refractivity contribution in [3.63, 3.8) is 0 Å². The van der Waals surface area contributed by atoms with E-state index in [0.717, 1.165) is 35.7 Å². The van der Waals surface area contributed by atoms with Gasteiger partial charge in [0.05, 0.1) is 5.25 Å². The third-order valence-corrected chi connectivity index (χ3v) is 5.53. The van der Waals surface area contributed by atoms with Crippen molar-refractivity contribution in [2.75, 3.05) is 17.3 Å². The van der Waals surface area contributed by atoms with Gasteiger partial charge in [0, 0.05) is 41.3 Å². The van der Waals surface area contributed by atoms with E-state index in [4.69, 9.17) is 10.7 Å². The minimum absolute atomic E-state index is 0.469. The molecule has 0 spiro atoms. The summed E-state index contributed by atoms with van der Waals surface area (Å²) in [6, 6.07) is 0. The highest BCUT2D eigenvalue weighted by atomic mass is 32.2. The summed E-state index contributed by atoms with van der Waals surface area (Å²) in [7, 11) is 0. The molecule has 0 saturated carbocycles. The molecule has 1 unspecified atom stereocenters. The molecule has 1 fully saturated rings. The maximum absolute atomic E-state index is 5.72. The van der Waals surface area contributed by atoms with Crippen molar-refractivity contribution in [3.8, 4) is 0 Å². The molecule has 1 aromatic rings. The Labute approximate surface area is 111 Å². The van der Waals surface area contributed by atoms with Crippen LogP contribution >= 0.6 is 23.5 Å². The molecular weight excluding hydrogens is 250 g/mol. The molecule has 94 valence electrons. The number of thioether (sulfide) groups is 2. The van der Waals surface area contributed by atoms with E-state index < -0.39 is 0 Å². The fourth-order valence-corrected chi connectivity index (χ4v) is 4.48. The molecule has 0 bridgehead atoms. The minimum atomic E-state index is 0.469. The van der Waals surface area contributed by atoms with Crippen LogP contribution in [0.2, 0.25) is 0 Å². The van der Waals surface area contributed by atoms with Gasteiger partial charge in [-0.2, -0.15) is 11.8 Å². The molecule has 2 rings (SSSR count). The van der Waals surface area contributed by atoms with Crippen molar-refractivity contribution in [3.05, 3.63) is 23.3 Å². The van der Waals surface area contributed by atoms with Crippen LogP contribution in [0.15, 0.2) is 6.20 Å². The predicted octanol–water partition coefficient (Wildman–Crippen LogP) is 2.41. The molecule has 17 heavy (non-hydrogen) atoms. The molecule has 2 heterocycles. The van der Waals surface area contributed by atoms with E-state index in [-0.39, 0.29) is 0 Å². The van der Waals surface area contributed by atoms with Crippen molar-refractivity contribution in [2.45, 2.75) is 31.6 Å². The number of rotatable bonds is 4. The van der Waals surface area contributed by atoms with Crippen LogP contribution in [0.3, 0.4) is 0 Å². The molecular formula is C12H19N3S2. The van der Waals surface area contributed by atoms with Crippen molar-refractivity contribution >= 4 is 23.5 Å². The smallest absolute Gasteiger partial charge is 0.142 e. The SMILES string of the molecule is CCCc1nc(C2CSCCS2)ncc1CN. The molecule has 0 aromatic carbocycles. The number of nitrogens with two attached hydrogens (primary N) is 1. The Morgan fingerprint density at radius 3 is 3.00 bits per heavy atom. The van der Waals surface area contributed by atoms with E-state index in [9.17, 15) is 0 Å². The Hall–Kier alpha value is -0.260. The zero-order chi connectivity index (χ0) is 12.1. The van der Waals surface area contributed by atoms with Crippen LogP contribution in [-0.2, 0) is 13.0 Å². The van der Waals surface area contributed by atoms with E-state index in [2.05, 4.69) is 11.9 Å². The van der Waals surface area contributed by atoms with Gasteiger partial charge in [0.1, 0.15) is 5.82 Å². The fraction of sp³-hybridized carbons (Fsp3) is 0.667. The van der Waals surface area contributed by atoms with Gasteiger partial charge in [0.15, 0.2) is 0 Å². The van der Waals surface area contributed by atoms with Gasteiger partial charge < -0.3 is 5.73 Å². The molecule has 0 aliphatic carbocycles. The number of aromatic nitrogens is 2. The zero-order valence-electron chi connectivity index (χ0n) is 10.2. The molecule has 1 aliphatic heterocycles. The Morgan fingerprint density at radius 1 is 1.47 bits per heavy atom. The maximum Gasteiger partial charge on any atom is 0.142 e. The van der Waals surface area contributed by atoms with E-state index in [0.29, 0.717) is 11.8 Å². The van der Waals surface area contributed by atoms with Crippen LogP contribution in [0.5, 0.6) is 0 Å². The van der Waals surface area contributed by atoms with Gasteiger partial charge in [-0.1, -0.05) is 13.3 Å². The van der Waals surface area contributed by atoms with Crippen LogP contribution < -0.4 is 5.73 Å². The molecule has 5 heteroatoms. The summed E-state index contributed by atoms with van der Waals surface area (Å²) >= 11 is 3.98. The van der Waals surface area contributed by atoms with Gasteiger partial charge in [-0.3, -0.25) is 0 Å². The summed E-state index contributed by atoms with van der Waals surface area (Å²) in [6.07, 6.45) is 4.04. The highest BCUT2D eigenvalue weighted by Crippen LogP contribution is 2.35. The minimum Gasteiger partial charge on any atom is -0.326 e. The van der Waals surface area contributed by atoms with Gasteiger partial charge in [-0.25, -0.2) is 9.97 Å². The van der Waals surface area contributed by atoms with Crippen molar-refractivity contribution in [2.24, 2.45) is 5.73 Å². The van der Waals surface area contributed by atoms with Gasteiger partial charge in [0.25, 0.3) is 0 Å². The topological polar surface area (TPSA) is 51.8 Å². The lowest BCUT2D eigenvalue weighted by atomic mass is 10.1. The standard InChI is InChI=1S/C12H19N3S2/c1-2-3-10-9(6-13)7-14-12(15-10)11-8-16-4-5-17-11/h7,11H,2-6,8,13H2,1H3. The summed E-state index contributed by atoms with van der Waals surface area (Å²) in [6.45, 7) is 2.72. The van der Waals surface area contributed by atoms with Crippen LogP contribution in [0.1, 0.15) is 35.7 Å². The van der Waals surface area contributed by atoms with Gasteiger partial charge >= 0.3 is 0 Å². The summed E-state index contributed by atoms with van der Waals surface area (Å²) in [5.74, 6) is 4.60. The van der Waals surface area contributed by atoms with E-state index >= 15 is 0 Å². The first-order valence-electron chi connectivity index (χ1n) is 6.09. The molecule has 0 radical (unpaired) electrons. The lowest BCUT2D eigenvalue weighted by molar-refractivity contribution is 0.799. The summed E-state index contributed by atoms with van der Waals surface area (Å²) in [5, 5.41) is 0.469. The Kier molecular flexibility index (Phi) is 5.13. The molecule has 1 saturated heterocycles. The van der Waals surface area contributed by atoms with Crippen LogP contribution in [0.4, 0.5) is 0 Å². The molecule has 1 aliphatic rings. The Balaban J connectivity index is 2.19. The first-order valence-corrected chi connectivity index (χ1v) is 8.29. The average molecular weight is 269 g/mol. The van der Waals surface area contributed by atoms with Gasteiger partial charge in [-0.15, -0.1) is 11.8 Å². The Morgan fingerprint density at radius 2 is 2.35 bits per heavy atom. The monoisotopic (exact) mass is 269 g/mol. The number of hydrogen-bond acceptors (Lipinski definition) is 5. The normalized spacial score (nSPS) is 20.5. The molecule has 3 nitrogen and oxygen atoms in total. The lowest BCUT2D eigenvalue weighted by Gasteiger charge is -2.20. The Bertz CT molecular complexity index is 365. The van der Waals surface area contributed by atoms with E-state index in [1.165, 1.54) is 11.5 Å². The quantitative estimate of drug-likeness (QED) is 0.909. The number of hydrogen-bond donors (Lipinski definition) is 1. The second-order valence-electron chi connectivity index (χ2n) is 4.09. The molecule has 2 N–H and O–H groups in total. The second-order valence-corrected chi connectivity index (χ2v) is 6.55. The molecule has 1 aromatic heterocycles. The average Bonchev–Trinajstić information content (AvgIpc) is 2.40. The summed E-state index contributed by atoms with van der Waals surface area (Å²) < 4.78 is 0. The predicted molar refractivity (Wildman–Crippen MR) is 76.4 cm³/mol.